The Kier molecular flexibility index (Phi) is 13.4. The maximum absolute atomic E-state index is 13.4. The van der Waals surface area contributed by atoms with Crippen LogP contribution in [0, 0.1) is 11.8 Å². The van der Waals surface area contributed by atoms with Crippen molar-refractivity contribution in [3.8, 4) is 5.75 Å². The lowest BCUT2D eigenvalue weighted by Gasteiger charge is -2.45. The molecule has 18 nitrogen and oxygen atoms in total. The Morgan fingerprint density at radius 2 is 1.42 bits per heavy atom. The van der Waals surface area contributed by atoms with Crippen molar-refractivity contribution < 1.29 is 87.3 Å². The smallest absolute Gasteiger partial charge is 0.331 e. The van der Waals surface area contributed by atoms with Crippen molar-refractivity contribution >= 4 is 30.1 Å². The second-order valence-electron chi connectivity index (χ2n) is 15.0. The molecule has 5 aliphatic rings. The molecule has 3 saturated heterocycles. The summed E-state index contributed by atoms with van der Waals surface area (Å²) in [6, 6.07) is 15.9. The van der Waals surface area contributed by atoms with Crippen LogP contribution in [0.15, 0.2) is 79.1 Å². The standard InChI is InChI=1S/C42H48O18/c1-21-34(56-28(46)16-12-24-9-13-25(51-3)14-10-24)36(57-29(47)15-11-23-7-5-4-6-8-23)37(54-22(2)45)41(53-21)58-35-26-17-18-52-39(30(26)42(20-44)38(35)60-42)59-40-33(50)32(49)31(48)27(19-43)55-40/h4-18,21,26-27,30-41,43-44,48-50H,19-20H2,1-3H3/b15-11-,16-12-/t21-,26+,27+,30+,31-,32+,33+,34-,35-,36+,37-,38-,39-,40+,41+,42+/m0/s1. The Balaban J connectivity index is 1.14. The van der Waals surface area contributed by atoms with Crippen LogP contribution in [0.3, 0.4) is 0 Å². The summed E-state index contributed by atoms with van der Waals surface area (Å²) in [6.45, 7) is 1.48. The highest BCUT2D eigenvalue weighted by molar-refractivity contribution is 5.88. The zero-order valence-electron chi connectivity index (χ0n) is 32.8. The van der Waals surface area contributed by atoms with Gasteiger partial charge in [0.2, 0.25) is 6.29 Å². The third-order valence-electron chi connectivity index (χ3n) is 11.2. The van der Waals surface area contributed by atoms with Gasteiger partial charge in [0.1, 0.15) is 41.9 Å². The SMILES string of the molecule is COc1ccc(/C=C\C(=O)O[C@@H]2[C@@H](OC(=O)/C=C\c3ccccc3)[C@H](OC(C)=O)[C@@H](O[C@H]3[C@@H]4C=CO[C@@H](O[C@H]5O[C@H](CO)[C@H](O)[C@@H](O)[C@H]5O)[C@@H]4[C@@]4(CO)O[C@@H]34)O[C@H]2C)cc1. The Bertz CT molecular complexity index is 1900. The van der Waals surface area contributed by atoms with Gasteiger partial charge in [-0.1, -0.05) is 42.5 Å². The number of benzene rings is 2. The van der Waals surface area contributed by atoms with Gasteiger partial charge in [-0.25, -0.2) is 9.59 Å². The number of rotatable bonds is 14. The first-order chi connectivity index (χ1) is 28.9. The van der Waals surface area contributed by atoms with Crippen molar-refractivity contribution in [2.45, 2.75) is 99.4 Å². The second kappa shape index (κ2) is 18.5. The van der Waals surface area contributed by atoms with Crippen LogP contribution in [-0.2, 0) is 57.0 Å². The lowest BCUT2D eigenvalue weighted by atomic mass is 9.85. The van der Waals surface area contributed by atoms with E-state index in [1.165, 1.54) is 37.7 Å². The first-order valence-electron chi connectivity index (χ1n) is 19.4. The number of esters is 3. The molecule has 0 amide bonds. The molecule has 60 heavy (non-hydrogen) atoms. The molecule has 5 N–H and O–H groups in total. The zero-order valence-corrected chi connectivity index (χ0v) is 32.8. The predicted molar refractivity (Wildman–Crippen MR) is 203 cm³/mol. The molecule has 0 aromatic heterocycles. The maximum atomic E-state index is 13.4. The van der Waals surface area contributed by atoms with E-state index in [-0.39, 0.29) is 0 Å². The fourth-order valence-electron chi connectivity index (χ4n) is 8.12. The summed E-state index contributed by atoms with van der Waals surface area (Å²) >= 11 is 0. The number of hydrogen-bond donors (Lipinski definition) is 5. The summed E-state index contributed by atoms with van der Waals surface area (Å²) in [7, 11) is 1.53. The minimum Gasteiger partial charge on any atom is -0.497 e. The van der Waals surface area contributed by atoms with Crippen LogP contribution in [0.2, 0.25) is 0 Å². The number of carbonyl (C=O) groups is 3. The molecule has 2 aromatic rings. The van der Waals surface area contributed by atoms with E-state index in [1.807, 2.05) is 6.07 Å². The molecule has 0 spiro atoms. The Hall–Kier alpha value is -4.73. The normalized spacial score (nSPS) is 38.1. The van der Waals surface area contributed by atoms with E-state index >= 15 is 0 Å². The van der Waals surface area contributed by atoms with Gasteiger partial charge in [0.25, 0.3) is 0 Å². The zero-order chi connectivity index (χ0) is 42.7. The summed E-state index contributed by atoms with van der Waals surface area (Å²) in [4.78, 5) is 39.4. The van der Waals surface area contributed by atoms with E-state index in [2.05, 4.69) is 0 Å². The number of carbonyl (C=O) groups excluding carboxylic acids is 3. The largest absolute Gasteiger partial charge is 0.497 e. The van der Waals surface area contributed by atoms with E-state index < -0.39 is 128 Å². The van der Waals surface area contributed by atoms with Crippen LogP contribution in [0.4, 0.5) is 0 Å². The van der Waals surface area contributed by atoms with Gasteiger partial charge in [-0.3, -0.25) is 4.79 Å². The highest BCUT2D eigenvalue weighted by Crippen LogP contribution is 2.61. The molecule has 1 aliphatic carbocycles. The van der Waals surface area contributed by atoms with Crippen LogP contribution < -0.4 is 4.74 Å². The molecule has 1 saturated carbocycles. The van der Waals surface area contributed by atoms with Crippen molar-refractivity contribution in [2.75, 3.05) is 20.3 Å². The lowest BCUT2D eigenvalue weighted by Crippen LogP contribution is -2.62. The summed E-state index contributed by atoms with van der Waals surface area (Å²) in [6.07, 6.45) is -9.37. The van der Waals surface area contributed by atoms with Gasteiger partial charge in [-0.05, 0) is 48.4 Å². The Morgan fingerprint density at radius 1 is 0.750 bits per heavy atom. The summed E-state index contributed by atoms with van der Waals surface area (Å²) in [5, 5.41) is 51.7. The number of epoxide rings is 1. The molecule has 16 atom stereocenters. The van der Waals surface area contributed by atoms with E-state index in [0.29, 0.717) is 16.9 Å². The molecule has 0 unspecified atom stereocenters. The number of fused-ring (bicyclic) bond motifs is 3. The average molecular weight is 841 g/mol. The molecule has 324 valence electrons. The van der Waals surface area contributed by atoms with Gasteiger partial charge in [0.05, 0.1) is 44.7 Å². The van der Waals surface area contributed by atoms with E-state index in [4.69, 9.17) is 47.4 Å². The fraction of sp³-hybridized carbons (Fsp3) is 0.500. The first kappa shape index (κ1) is 43.4. The van der Waals surface area contributed by atoms with Gasteiger partial charge in [-0.15, -0.1) is 0 Å². The van der Waals surface area contributed by atoms with Crippen LogP contribution in [0.1, 0.15) is 25.0 Å². The van der Waals surface area contributed by atoms with Gasteiger partial charge >= 0.3 is 17.9 Å². The third-order valence-corrected chi connectivity index (χ3v) is 11.2. The average Bonchev–Trinajstić information content (AvgIpc) is 3.92. The third kappa shape index (κ3) is 8.99. The monoisotopic (exact) mass is 840 g/mol. The molecule has 0 radical (unpaired) electrons. The Morgan fingerprint density at radius 3 is 2.05 bits per heavy atom. The maximum Gasteiger partial charge on any atom is 0.331 e. The fourth-order valence-corrected chi connectivity index (χ4v) is 8.12. The second-order valence-corrected chi connectivity index (χ2v) is 15.0. The summed E-state index contributed by atoms with van der Waals surface area (Å²) < 4.78 is 58.9. The molecule has 2 aromatic carbocycles. The number of aliphatic hydroxyl groups excluding tert-OH is 5. The van der Waals surface area contributed by atoms with Crippen LogP contribution >= 0.6 is 0 Å². The predicted octanol–water partition coefficient (Wildman–Crippen LogP) is 0.370. The molecular weight excluding hydrogens is 792 g/mol. The molecule has 18 heteroatoms. The van der Waals surface area contributed by atoms with Crippen LogP contribution in [0.25, 0.3) is 12.2 Å². The molecule has 0 bridgehead atoms. The number of methoxy groups -OCH3 is 1. The van der Waals surface area contributed by atoms with Gasteiger partial charge < -0.3 is 72.9 Å². The number of hydrogen-bond acceptors (Lipinski definition) is 18. The van der Waals surface area contributed by atoms with E-state index in [9.17, 15) is 39.9 Å². The van der Waals surface area contributed by atoms with Gasteiger partial charge in [0.15, 0.2) is 30.9 Å². The van der Waals surface area contributed by atoms with Crippen molar-refractivity contribution in [1.82, 2.24) is 0 Å². The lowest BCUT2D eigenvalue weighted by molar-refractivity contribution is -0.347. The van der Waals surface area contributed by atoms with Gasteiger partial charge in [0, 0.05) is 25.0 Å². The van der Waals surface area contributed by atoms with Crippen molar-refractivity contribution in [2.24, 2.45) is 11.8 Å². The summed E-state index contributed by atoms with van der Waals surface area (Å²) in [5.41, 5.74) is 0.0589. The molecule has 4 fully saturated rings. The highest BCUT2D eigenvalue weighted by atomic mass is 16.8. The molecule has 7 rings (SSSR count). The topological polar surface area (TPSA) is 248 Å². The van der Waals surface area contributed by atoms with E-state index in [0.717, 1.165) is 6.92 Å². The van der Waals surface area contributed by atoms with Crippen LogP contribution in [0.5, 0.6) is 5.75 Å². The highest BCUT2D eigenvalue weighted by Gasteiger charge is 2.77. The summed E-state index contributed by atoms with van der Waals surface area (Å²) in [5.74, 6) is -3.32. The number of aliphatic hydroxyl groups is 5. The molecule has 4 aliphatic heterocycles. The van der Waals surface area contributed by atoms with Crippen molar-refractivity contribution in [3.05, 3.63) is 90.2 Å². The van der Waals surface area contributed by atoms with Crippen LogP contribution in [-0.4, -0.2) is 149 Å². The molecule has 4 heterocycles. The first-order valence-corrected chi connectivity index (χ1v) is 19.4. The molecular formula is C42H48O18. The number of ether oxygens (including phenoxy) is 10. The Labute approximate surface area is 344 Å². The minimum atomic E-state index is -1.74. The minimum absolute atomic E-state index is 0.532. The van der Waals surface area contributed by atoms with E-state index in [1.54, 1.807) is 61.5 Å². The quantitative estimate of drug-likeness (QED) is 0.0746. The van der Waals surface area contributed by atoms with Crippen molar-refractivity contribution in [1.29, 1.82) is 0 Å². The van der Waals surface area contributed by atoms with Gasteiger partial charge in [-0.2, -0.15) is 0 Å². The van der Waals surface area contributed by atoms with Crippen molar-refractivity contribution in [3.63, 3.8) is 0 Å².